The number of carboxylic acids is 1. The number of phenols is 1. The maximum absolute atomic E-state index is 14.0. The third kappa shape index (κ3) is 14.7. The monoisotopic (exact) mass is 897 g/mol. The minimum absolute atomic E-state index is 0.00525. The highest BCUT2D eigenvalue weighted by Gasteiger charge is 2.35. The van der Waals surface area contributed by atoms with E-state index >= 15 is 0 Å². The Hall–Kier alpha value is -6.13. The van der Waals surface area contributed by atoms with E-state index in [-0.39, 0.29) is 61.1 Å². The van der Waals surface area contributed by atoms with Crippen molar-refractivity contribution in [1.82, 2.24) is 36.6 Å². The first-order chi connectivity index (χ1) is 29.9. The number of benzene rings is 1. The number of unbranched alkanes of at least 4 members (excludes halogenated alkanes) is 1. The Morgan fingerprint density at radius 2 is 1.41 bits per heavy atom. The zero-order valence-corrected chi connectivity index (χ0v) is 36.4. The molecule has 0 saturated carbocycles. The molecule has 1 fully saturated rings. The highest BCUT2D eigenvalue weighted by molar-refractivity contribution is 7.20. The van der Waals surface area contributed by atoms with E-state index in [4.69, 9.17) is 17.2 Å². The van der Waals surface area contributed by atoms with Crippen molar-refractivity contribution in [2.24, 2.45) is 17.4 Å². The predicted octanol–water partition coefficient (Wildman–Crippen LogP) is -0.234. The number of nitrogens with one attached hydrogen (secondary N) is 5. The van der Waals surface area contributed by atoms with Crippen molar-refractivity contribution >= 4 is 74.7 Å². The number of rotatable bonds is 24. The SMILES string of the molecule is CC(C)C[C@H](NC(=O)c1cc2c(N3CCCC3)nc(N)nc2s1)C(=O)N[C@@H](CCC(N)=O)C(=O)N[C@@H](CCCCN)C(=O)N[C@H](C(=O)N[C@@H](Cc1ccc(O)cc1)C(=O)O)[C@@H](C)O. The van der Waals surface area contributed by atoms with E-state index in [1.54, 1.807) is 6.07 Å². The molecule has 344 valence electrons. The molecule has 1 aliphatic heterocycles. The summed E-state index contributed by atoms with van der Waals surface area (Å²) in [4.78, 5) is 104. The second kappa shape index (κ2) is 23.4. The van der Waals surface area contributed by atoms with Crippen LogP contribution < -0.4 is 48.7 Å². The number of carbonyl (C=O) groups excluding carboxylic acids is 6. The van der Waals surface area contributed by atoms with Gasteiger partial charge < -0.3 is 64.0 Å². The number of nitrogen functional groups attached to an aromatic ring is 1. The highest BCUT2D eigenvalue weighted by Crippen LogP contribution is 2.33. The topological polar surface area (TPSA) is 347 Å². The summed E-state index contributed by atoms with van der Waals surface area (Å²) in [6.07, 6.45) is 0.551. The fourth-order valence-electron chi connectivity index (χ4n) is 6.99. The van der Waals surface area contributed by atoms with Gasteiger partial charge in [0.05, 0.1) is 16.4 Å². The van der Waals surface area contributed by atoms with Crippen LogP contribution in [0.5, 0.6) is 5.75 Å². The van der Waals surface area contributed by atoms with Gasteiger partial charge in [-0.1, -0.05) is 26.0 Å². The van der Waals surface area contributed by atoms with Crippen LogP contribution >= 0.6 is 11.3 Å². The van der Waals surface area contributed by atoms with E-state index in [0.717, 1.165) is 37.3 Å². The van der Waals surface area contributed by atoms with E-state index in [1.165, 1.54) is 31.2 Å². The van der Waals surface area contributed by atoms with Crippen LogP contribution in [0.2, 0.25) is 0 Å². The molecule has 6 atom stereocenters. The van der Waals surface area contributed by atoms with Crippen molar-refractivity contribution in [3.05, 3.63) is 40.8 Å². The van der Waals surface area contributed by atoms with Crippen molar-refractivity contribution in [2.45, 2.75) is 115 Å². The normalized spacial score (nSPS) is 15.4. The number of thiophene rings is 1. The average Bonchev–Trinajstić information content (AvgIpc) is 3.92. The van der Waals surface area contributed by atoms with Crippen LogP contribution in [0.3, 0.4) is 0 Å². The fraction of sp³-hybridized carbons (Fsp3) is 0.537. The maximum atomic E-state index is 14.0. The van der Waals surface area contributed by atoms with Crippen molar-refractivity contribution in [3.8, 4) is 5.75 Å². The van der Waals surface area contributed by atoms with Gasteiger partial charge in [0.25, 0.3) is 5.91 Å². The third-order valence-corrected chi connectivity index (χ3v) is 11.3. The van der Waals surface area contributed by atoms with Gasteiger partial charge in [-0.2, -0.15) is 4.98 Å². The smallest absolute Gasteiger partial charge is 0.326 e. The molecule has 6 amide bonds. The van der Waals surface area contributed by atoms with Crippen LogP contribution in [-0.2, 0) is 35.2 Å². The molecule has 14 N–H and O–H groups in total. The molecule has 1 aromatic carbocycles. The second-order valence-electron chi connectivity index (χ2n) is 16.0. The molecule has 0 unspecified atom stereocenters. The minimum atomic E-state index is -1.67. The van der Waals surface area contributed by atoms with Gasteiger partial charge in [-0.15, -0.1) is 11.3 Å². The molecule has 2 aromatic heterocycles. The number of carboxylic acid groups (broad SMARTS) is 1. The molecule has 3 aromatic rings. The zero-order chi connectivity index (χ0) is 46.4. The molecular weight excluding hydrogens is 839 g/mol. The van der Waals surface area contributed by atoms with Crippen LogP contribution in [0.15, 0.2) is 30.3 Å². The predicted molar refractivity (Wildman–Crippen MR) is 234 cm³/mol. The van der Waals surface area contributed by atoms with Gasteiger partial charge in [-0.3, -0.25) is 28.8 Å². The van der Waals surface area contributed by atoms with Crippen LogP contribution in [0.25, 0.3) is 10.2 Å². The largest absolute Gasteiger partial charge is 0.508 e. The Morgan fingerprint density at radius 3 is 2.00 bits per heavy atom. The Morgan fingerprint density at radius 1 is 0.810 bits per heavy atom. The molecule has 21 nitrogen and oxygen atoms in total. The lowest BCUT2D eigenvalue weighted by Gasteiger charge is -2.28. The summed E-state index contributed by atoms with van der Waals surface area (Å²) in [7, 11) is 0. The first-order valence-corrected chi connectivity index (χ1v) is 21.7. The summed E-state index contributed by atoms with van der Waals surface area (Å²) in [5.41, 5.74) is 17.6. The van der Waals surface area contributed by atoms with E-state index in [0.29, 0.717) is 34.4 Å². The molecule has 0 aliphatic carbocycles. The van der Waals surface area contributed by atoms with Crippen LogP contribution in [0.4, 0.5) is 11.8 Å². The number of aliphatic hydroxyl groups excluding tert-OH is 1. The molecule has 1 aliphatic rings. The summed E-state index contributed by atoms with van der Waals surface area (Å²) >= 11 is 1.09. The summed E-state index contributed by atoms with van der Waals surface area (Å²) in [6.45, 7) is 6.70. The second-order valence-corrected chi connectivity index (χ2v) is 17.0. The van der Waals surface area contributed by atoms with E-state index in [9.17, 15) is 48.9 Å². The molecule has 4 rings (SSSR count). The fourth-order valence-corrected chi connectivity index (χ4v) is 7.92. The van der Waals surface area contributed by atoms with Crippen LogP contribution in [0.1, 0.15) is 87.4 Å². The molecule has 1 saturated heterocycles. The van der Waals surface area contributed by atoms with Crippen molar-refractivity contribution in [2.75, 3.05) is 30.3 Å². The van der Waals surface area contributed by atoms with Gasteiger partial charge in [0.15, 0.2) is 0 Å². The first-order valence-electron chi connectivity index (χ1n) is 20.9. The van der Waals surface area contributed by atoms with Crippen molar-refractivity contribution in [3.63, 3.8) is 0 Å². The molecular formula is C41H59N11O10S. The van der Waals surface area contributed by atoms with Crippen LogP contribution in [-0.4, -0.2) is 123 Å². The number of aromatic hydroxyl groups is 1. The van der Waals surface area contributed by atoms with Gasteiger partial charge in [-0.05, 0) is 88.1 Å². The Bertz CT molecular complexity index is 2090. The number of anilines is 2. The quantitative estimate of drug-likeness (QED) is 0.0517. The third-order valence-electron chi connectivity index (χ3n) is 10.3. The molecule has 0 radical (unpaired) electrons. The maximum Gasteiger partial charge on any atom is 0.326 e. The summed E-state index contributed by atoms with van der Waals surface area (Å²) in [6, 6.07) is 0.210. The van der Waals surface area contributed by atoms with E-state index < -0.39 is 77.7 Å². The lowest BCUT2D eigenvalue weighted by molar-refractivity contribution is -0.143. The van der Waals surface area contributed by atoms with Gasteiger partial charge in [0.2, 0.25) is 35.5 Å². The number of hydrogen-bond acceptors (Lipinski definition) is 15. The lowest BCUT2D eigenvalue weighted by atomic mass is 10.0. The molecule has 3 heterocycles. The Balaban J connectivity index is 1.51. The number of amides is 6. The summed E-state index contributed by atoms with van der Waals surface area (Å²) < 4.78 is 0. The number of aliphatic hydroxyl groups is 1. The standard InChI is InChI=1S/C41H59N11O10S/c1-21(2)18-28(47-37(59)30-20-25-33(52-16-6-7-17-52)50-41(44)51-39(25)63-30)36(58)46-27(13-14-31(43)55)34(56)45-26(8-4-5-15-42)35(57)49-32(22(3)53)38(60)48-29(40(61)62)19-23-9-11-24(54)12-10-23/h9-12,20-22,26-29,32,53-54H,4-8,13-19,42H2,1-3H3,(H2,43,55)(H,45,56)(H,46,58)(H,47,59)(H,48,60)(H,49,57)(H,61,62)(H2,44,50,51)/t22-,26+,27+,28+,29+,32+/m1/s1. The van der Waals surface area contributed by atoms with Crippen molar-refractivity contribution < 1.29 is 48.9 Å². The van der Waals surface area contributed by atoms with Crippen LogP contribution in [0, 0.1) is 5.92 Å². The minimum Gasteiger partial charge on any atom is -0.508 e. The summed E-state index contributed by atoms with van der Waals surface area (Å²) in [5.74, 6) is -5.80. The number of phenolic OH excluding ortho intramolecular Hbond substituents is 1. The number of hydrogen-bond donors (Lipinski definition) is 11. The van der Waals surface area contributed by atoms with Crippen molar-refractivity contribution in [1.29, 1.82) is 0 Å². The van der Waals surface area contributed by atoms with Gasteiger partial charge in [-0.25, -0.2) is 9.78 Å². The first kappa shape index (κ1) is 49.5. The number of nitrogens with zero attached hydrogens (tertiary/aromatic N) is 3. The zero-order valence-electron chi connectivity index (χ0n) is 35.6. The number of carbonyl (C=O) groups is 7. The molecule has 0 bridgehead atoms. The number of aromatic nitrogens is 2. The lowest BCUT2D eigenvalue weighted by Crippen LogP contribution is -2.60. The molecule has 0 spiro atoms. The molecule has 63 heavy (non-hydrogen) atoms. The van der Waals surface area contributed by atoms with E-state index in [2.05, 4.69) is 41.5 Å². The Labute approximate surface area is 368 Å². The van der Waals surface area contributed by atoms with Gasteiger partial charge >= 0.3 is 5.97 Å². The van der Waals surface area contributed by atoms with E-state index in [1.807, 2.05) is 13.8 Å². The number of nitrogens with two attached hydrogens (primary N) is 3. The number of aliphatic carboxylic acids is 1. The summed E-state index contributed by atoms with van der Waals surface area (Å²) in [5, 5.41) is 43.3. The Kier molecular flexibility index (Phi) is 18.4. The van der Waals surface area contributed by atoms with Gasteiger partial charge in [0.1, 0.15) is 46.6 Å². The molecule has 22 heteroatoms. The highest BCUT2D eigenvalue weighted by atomic mass is 32.1. The average molecular weight is 898 g/mol. The van der Waals surface area contributed by atoms with Gasteiger partial charge in [0, 0.05) is 25.9 Å². The number of primary amides is 1. The number of fused-ring (bicyclic) bond motifs is 1.